The highest BCUT2D eigenvalue weighted by molar-refractivity contribution is 7.14. The number of rotatable bonds is 7. The predicted octanol–water partition coefficient (Wildman–Crippen LogP) is 1.62. The van der Waals surface area contributed by atoms with Crippen molar-refractivity contribution < 1.29 is 24.0 Å². The molecule has 2 atom stereocenters. The number of anilines is 1. The molecule has 1 amide bonds. The molecule has 1 aliphatic heterocycles. The van der Waals surface area contributed by atoms with Gasteiger partial charge in [-0.15, -0.1) is 11.3 Å². The number of aromatic nitrogens is 1. The van der Waals surface area contributed by atoms with Crippen LogP contribution in [-0.4, -0.2) is 50.2 Å². The lowest BCUT2D eigenvalue weighted by atomic mass is 9.98. The largest absolute Gasteiger partial charge is 0.497 e. The molecule has 1 saturated heterocycles. The Hall–Kier alpha value is -2.45. The number of amides is 1. The van der Waals surface area contributed by atoms with Crippen LogP contribution in [0.25, 0.3) is 11.3 Å². The maximum atomic E-state index is 12.4. The molecular weight excluding hydrogens is 378 g/mol. The van der Waals surface area contributed by atoms with Gasteiger partial charge in [0.15, 0.2) is 11.7 Å². The molecule has 2 N–H and O–H groups in total. The van der Waals surface area contributed by atoms with Crippen LogP contribution in [0, 0.1) is 5.92 Å². The van der Waals surface area contributed by atoms with Gasteiger partial charge in [-0.3, -0.25) is 14.9 Å². The van der Waals surface area contributed by atoms with E-state index in [0.29, 0.717) is 24.8 Å². The molecule has 2 heterocycles. The summed E-state index contributed by atoms with van der Waals surface area (Å²) in [5.41, 5.74) is 1.78. The van der Waals surface area contributed by atoms with Crippen molar-refractivity contribution in [3.63, 3.8) is 0 Å². The maximum absolute atomic E-state index is 12.4. The Labute approximate surface area is 168 Å². The minimum Gasteiger partial charge on any atom is -0.497 e. The van der Waals surface area contributed by atoms with Gasteiger partial charge in [0.25, 0.3) is 5.91 Å². The molecule has 8 heteroatoms. The Bertz CT molecular complexity index is 806. The van der Waals surface area contributed by atoms with Crippen LogP contribution in [0.15, 0.2) is 29.6 Å². The molecule has 28 heavy (non-hydrogen) atoms. The van der Waals surface area contributed by atoms with Crippen LogP contribution in [0.3, 0.4) is 0 Å². The average Bonchev–Trinajstić information content (AvgIpc) is 3.16. The second-order valence-electron chi connectivity index (χ2n) is 6.79. The van der Waals surface area contributed by atoms with Gasteiger partial charge in [0.05, 0.1) is 32.5 Å². The number of thiazole rings is 1. The van der Waals surface area contributed by atoms with Gasteiger partial charge in [-0.2, -0.15) is 0 Å². The number of likely N-dealkylation sites (tertiary alicyclic amines) is 1. The van der Waals surface area contributed by atoms with Crippen LogP contribution in [0.5, 0.6) is 5.75 Å². The van der Waals surface area contributed by atoms with Gasteiger partial charge in [-0.25, -0.2) is 4.98 Å². The number of nitrogens with zero attached hydrogens (tertiary/aromatic N) is 1. The van der Waals surface area contributed by atoms with Crippen molar-refractivity contribution in [1.82, 2.24) is 4.98 Å². The minimum absolute atomic E-state index is 0.0878. The molecule has 1 fully saturated rings. The fraction of sp³-hybridized carbons (Fsp3) is 0.450. The number of ether oxygens (including phenoxy) is 2. The summed E-state index contributed by atoms with van der Waals surface area (Å²) in [4.78, 5) is 30.0. The number of hydrogen-bond acceptors (Lipinski definition) is 6. The first-order valence-corrected chi connectivity index (χ1v) is 10.4. The number of piperidine rings is 1. The van der Waals surface area contributed by atoms with Crippen LogP contribution in [0.4, 0.5) is 5.13 Å². The van der Waals surface area contributed by atoms with E-state index in [1.54, 1.807) is 7.11 Å². The van der Waals surface area contributed by atoms with Crippen molar-refractivity contribution >= 4 is 28.3 Å². The summed E-state index contributed by atoms with van der Waals surface area (Å²) in [5.74, 6) is 0.440. The smallest absolute Gasteiger partial charge is 0.314 e. The third kappa shape index (κ3) is 5.30. The third-order valence-electron chi connectivity index (χ3n) is 4.78. The van der Waals surface area contributed by atoms with Gasteiger partial charge < -0.3 is 14.4 Å². The van der Waals surface area contributed by atoms with Gasteiger partial charge >= 0.3 is 5.97 Å². The molecule has 1 aromatic carbocycles. The number of esters is 1. The zero-order chi connectivity index (χ0) is 19.9. The molecular formula is C20H26N3O4S+. The zero-order valence-corrected chi connectivity index (χ0v) is 17.0. The highest BCUT2D eigenvalue weighted by Crippen LogP contribution is 2.26. The zero-order valence-electron chi connectivity index (χ0n) is 16.2. The Kier molecular flexibility index (Phi) is 7.00. The molecule has 2 aromatic rings. The Morgan fingerprint density at radius 2 is 2.11 bits per heavy atom. The van der Waals surface area contributed by atoms with E-state index in [-0.39, 0.29) is 17.8 Å². The maximum Gasteiger partial charge on any atom is 0.314 e. The molecule has 1 aliphatic rings. The van der Waals surface area contributed by atoms with E-state index < -0.39 is 0 Å². The summed E-state index contributed by atoms with van der Waals surface area (Å²) in [6.07, 6.45) is 1.76. The number of hydrogen-bond donors (Lipinski definition) is 2. The number of carbonyl (C=O) groups is 2. The minimum atomic E-state index is -0.149. The normalized spacial score (nSPS) is 19.1. The second kappa shape index (κ2) is 9.66. The molecule has 0 aliphatic carbocycles. The quantitative estimate of drug-likeness (QED) is 0.686. The lowest BCUT2D eigenvalue weighted by molar-refractivity contribution is -0.899. The van der Waals surface area contributed by atoms with Gasteiger partial charge in [0.2, 0.25) is 0 Å². The number of nitrogens with one attached hydrogen (secondary N) is 2. The Morgan fingerprint density at radius 1 is 1.32 bits per heavy atom. The van der Waals surface area contributed by atoms with E-state index >= 15 is 0 Å². The number of carbonyl (C=O) groups excluding carboxylic acids is 2. The molecule has 1 unspecified atom stereocenters. The second-order valence-corrected chi connectivity index (χ2v) is 7.64. The van der Waals surface area contributed by atoms with Crippen LogP contribution in [0.2, 0.25) is 0 Å². The first-order valence-electron chi connectivity index (χ1n) is 9.49. The van der Waals surface area contributed by atoms with Gasteiger partial charge in [-0.05, 0) is 44.0 Å². The molecule has 150 valence electrons. The average molecular weight is 405 g/mol. The van der Waals surface area contributed by atoms with E-state index in [1.165, 1.54) is 11.3 Å². The van der Waals surface area contributed by atoms with Crippen molar-refractivity contribution in [2.75, 3.05) is 38.7 Å². The number of quaternary nitrogens is 1. The van der Waals surface area contributed by atoms with Gasteiger partial charge in [-0.1, -0.05) is 0 Å². The van der Waals surface area contributed by atoms with E-state index in [2.05, 4.69) is 10.3 Å². The van der Waals surface area contributed by atoms with E-state index in [1.807, 2.05) is 36.6 Å². The molecule has 1 aromatic heterocycles. The molecule has 0 bridgehead atoms. The molecule has 0 saturated carbocycles. The standard InChI is InChI=1S/C20H25N3O4S/c1-3-27-19(25)15-5-4-10-23(11-15)12-18(24)22-20-21-17(13-28-20)14-6-8-16(26-2)9-7-14/h6-9,13,15H,3-5,10-12H2,1-2H3,(H,21,22,24)/p+1/t15-/m1/s1. The molecule has 0 spiro atoms. The van der Waals surface area contributed by atoms with Crippen molar-refractivity contribution in [3.05, 3.63) is 29.6 Å². The van der Waals surface area contributed by atoms with Crippen LogP contribution < -0.4 is 15.0 Å². The van der Waals surface area contributed by atoms with Gasteiger partial charge in [0, 0.05) is 10.9 Å². The molecule has 3 rings (SSSR count). The van der Waals surface area contributed by atoms with Crippen molar-refractivity contribution in [3.8, 4) is 17.0 Å². The van der Waals surface area contributed by atoms with E-state index in [0.717, 1.165) is 41.3 Å². The SMILES string of the molecule is CCOC(=O)[C@@H]1CCC[NH+](CC(=O)Nc2nc(-c3ccc(OC)cc3)cs2)C1. The Morgan fingerprint density at radius 3 is 2.82 bits per heavy atom. The highest BCUT2D eigenvalue weighted by Gasteiger charge is 2.30. The van der Waals surface area contributed by atoms with E-state index in [4.69, 9.17) is 9.47 Å². The van der Waals surface area contributed by atoms with Crippen molar-refractivity contribution in [1.29, 1.82) is 0 Å². The monoisotopic (exact) mass is 404 g/mol. The predicted molar refractivity (Wildman–Crippen MR) is 108 cm³/mol. The fourth-order valence-electron chi connectivity index (χ4n) is 3.39. The third-order valence-corrected chi connectivity index (χ3v) is 5.54. The van der Waals surface area contributed by atoms with Crippen molar-refractivity contribution in [2.45, 2.75) is 19.8 Å². The molecule has 7 nitrogen and oxygen atoms in total. The topological polar surface area (TPSA) is 82.0 Å². The highest BCUT2D eigenvalue weighted by atomic mass is 32.1. The first-order chi connectivity index (χ1) is 13.6. The van der Waals surface area contributed by atoms with Crippen LogP contribution >= 0.6 is 11.3 Å². The summed E-state index contributed by atoms with van der Waals surface area (Å²) >= 11 is 1.40. The summed E-state index contributed by atoms with van der Waals surface area (Å²) < 4.78 is 10.3. The first kappa shape index (κ1) is 20.3. The number of methoxy groups -OCH3 is 1. The van der Waals surface area contributed by atoms with E-state index in [9.17, 15) is 9.59 Å². The lowest BCUT2D eigenvalue weighted by Crippen LogP contribution is -3.14. The van der Waals surface area contributed by atoms with Crippen LogP contribution in [0.1, 0.15) is 19.8 Å². The van der Waals surface area contributed by atoms with Gasteiger partial charge in [0.1, 0.15) is 11.7 Å². The fourth-order valence-corrected chi connectivity index (χ4v) is 4.12. The molecule has 0 radical (unpaired) electrons. The summed E-state index contributed by atoms with van der Waals surface area (Å²) in [6.45, 7) is 4.06. The summed E-state index contributed by atoms with van der Waals surface area (Å²) in [5, 5.41) is 5.37. The summed E-state index contributed by atoms with van der Waals surface area (Å²) in [6, 6.07) is 7.64. The van der Waals surface area contributed by atoms with Crippen LogP contribution in [-0.2, 0) is 14.3 Å². The summed E-state index contributed by atoms with van der Waals surface area (Å²) in [7, 11) is 1.63. The van der Waals surface area contributed by atoms with Crippen molar-refractivity contribution in [2.24, 2.45) is 5.92 Å². The lowest BCUT2D eigenvalue weighted by Gasteiger charge is -2.28. The Balaban J connectivity index is 1.53. The number of benzene rings is 1.